The number of aromatic nitrogens is 2. The topological polar surface area (TPSA) is 103 Å². The predicted molar refractivity (Wildman–Crippen MR) is 111 cm³/mol. The highest BCUT2D eigenvalue weighted by atomic mass is 16.5. The number of ether oxygens (including phenoxy) is 1. The number of furan rings is 1. The lowest BCUT2D eigenvalue weighted by atomic mass is 10.2. The first-order valence-electron chi connectivity index (χ1n) is 9.67. The fourth-order valence-corrected chi connectivity index (χ4v) is 3.20. The van der Waals surface area contributed by atoms with E-state index in [1.54, 1.807) is 54.0 Å². The highest BCUT2D eigenvalue weighted by Gasteiger charge is 2.23. The summed E-state index contributed by atoms with van der Waals surface area (Å²) < 4.78 is 11.9. The molecule has 4 aromatic heterocycles. The number of carbonyl (C=O) groups is 3. The maximum Gasteiger partial charge on any atom is 0.340 e. The second-order valence-corrected chi connectivity index (χ2v) is 6.64. The van der Waals surface area contributed by atoms with Gasteiger partial charge in [0.25, 0.3) is 5.91 Å². The summed E-state index contributed by atoms with van der Waals surface area (Å²) >= 11 is 0. The van der Waals surface area contributed by atoms with E-state index in [4.69, 9.17) is 9.15 Å². The number of amides is 1. The van der Waals surface area contributed by atoms with Gasteiger partial charge in [0.1, 0.15) is 0 Å². The highest BCUT2D eigenvalue weighted by Crippen LogP contribution is 2.22. The maximum absolute atomic E-state index is 12.8. The van der Waals surface area contributed by atoms with Crippen LogP contribution in [0, 0.1) is 0 Å². The van der Waals surface area contributed by atoms with Crippen LogP contribution < -0.4 is 5.32 Å². The van der Waals surface area contributed by atoms with Crippen molar-refractivity contribution in [2.24, 2.45) is 0 Å². The Labute approximate surface area is 177 Å². The molecule has 0 radical (unpaired) electrons. The molecule has 0 saturated carbocycles. The van der Waals surface area contributed by atoms with E-state index in [9.17, 15) is 14.4 Å². The first kappa shape index (κ1) is 20.1. The van der Waals surface area contributed by atoms with Crippen LogP contribution in [-0.2, 0) is 11.3 Å². The lowest BCUT2D eigenvalue weighted by molar-refractivity contribution is 0.0528. The van der Waals surface area contributed by atoms with Gasteiger partial charge in [-0.05, 0) is 49.4 Å². The summed E-state index contributed by atoms with van der Waals surface area (Å²) in [5.41, 5.74) is 1.87. The molecule has 0 aromatic carbocycles. The van der Waals surface area contributed by atoms with E-state index in [1.165, 1.54) is 12.3 Å². The molecule has 0 spiro atoms. The Kier molecular flexibility index (Phi) is 5.61. The van der Waals surface area contributed by atoms with Crippen LogP contribution in [-0.4, -0.2) is 33.7 Å². The summed E-state index contributed by atoms with van der Waals surface area (Å²) in [6, 6.07) is 13.2. The molecule has 8 nitrogen and oxygen atoms in total. The van der Waals surface area contributed by atoms with Crippen molar-refractivity contribution in [3.8, 4) is 0 Å². The van der Waals surface area contributed by atoms with Gasteiger partial charge in [-0.25, -0.2) is 4.79 Å². The van der Waals surface area contributed by atoms with Gasteiger partial charge in [-0.2, -0.15) is 0 Å². The number of carbonyl (C=O) groups excluding carboxylic acids is 3. The Morgan fingerprint density at radius 3 is 2.71 bits per heavy atom. The van der Waals surface area contributed by atoms with E-state index in [0.29, 0.717) is 11.1 Å². The molecule has 0 atom stereocenters. The monoisotopic (exact) mass is 417 g/mol. The zero-order chi connectivity index (χ0) is 21.8. The fraction of sp³-hybridized carbons (Fsp3) is 0.130. The molecule has 4 aromatic rings. The third kappa shape index (κ3) is 4.09. The van der Waals surface area contributed by atoms with Crippen LogP contribution in [0.5, 0.6) is 0 Å². The van der Waals surface area contributed by atoms with Crippen LogP contribution in [0.3, 0.4) is 0 Å². The van der Waals surface area contributed by atoms with E-state index >= 15 is 0 Å². The Hall–Kier alpha value is -4.20. The van der Waals surface area contributed by atoms with Crippen LogP contribution in [0.4, 0.5) is 0 Å². The number of esters is 1. The smallest absolute Gasteiger partial charge is 0.340 e. The van der Waals surface area contributed by atoms with Gasteiger partial charge in [-0.15, -0.1) is 0 Å². The third-order valence-electron chi connectivity index (χ3n) is 4.66. The van der Waals surface area contributed by atoms with Gasteiger partial charge in [0.15, 0.2) is 5.76 Å². The maximum atomic E-state index is 12.8. The molecule has 0 bridgehead atoms. The van der Waals surface area contributed by atoms with Crippen molar-refractivity contribution in [3.63, 3.8) is 0 Å². The Bertz CT molecular complexity index is 1240. The number of rotatable bonds is 7. The third-order valence-corrected chi connectivity index (χ3v) is 4.66. The van der Waals surface area contributed by atoms with Gasteiger partial charge in [0.05, 0.1) is 41.9 Å². The number of hydrogen-bond acceptors (Lipinski definition) is 6. The molecule has 0 aliphatic heterocycles. The molecular formula is C23H19N3O5. The molecule has 8 heteroatoms. The molecule has 1 N–H and O–H groups in total. The summed E-state index contributed by atoms with van der Waals surface area (Å²) in [5, 5.41) is 2.80. The second-order valence-electron chi connectivity index (χ2n) is 6.64. The molecule has 4 rings (SSSR count). The van der Waals surface area contributed by atoms with Gasteiger partial charge in [-0.1, -0.05) is 6.07 Å². The number of fused-ring (bicyclic) bond motifs is 1. The number of hydrogen-bond donors (Lipinski definition) is 1. The molecule has 4 heterocycles. The highest BCUT2D eigenvalue weighted by molar-refractivity contribution is 6.10. The summed E-state index contributed by atoms with van der Waals surface area (Å²) in [6.45, 7) is 2.14. The van der Waals surface area contributed by atoms with E-state index in [2.05, 4.69) is 10.3 Å². The summed E-state index contributed by atoms with van der Waals surface area (Å²) in [5.74, 6) is -1.15. The van der Waals surface area contributed by atoms with Crippen molar-refractivity contribution >= 4 is 23.2 Å². The largest absolute Gasteiger partial charge is 0.462 e. The quantitative estimate of drug-likeness (QED) is 0.366. The Balaban J connectivity index is 1.69. The van der Waals surface area contributed by atoms with E-state index in [1.807, 2.05) is 12.1 Å². The SMILES string of the molecule is CCOC(=O)c1cc(C(=O)c2ccco2)n2ccc(C(=O)NCc3ccccn3)cc12. The lowest BCUT2D eigenvalue weighted by Gasteiger charge is -2.07. The molecule has 156 valence electrons. The predicted octanol–water partition coefficient (Wildman–Crippen LogP) is 3.27. The minimum absolute atomic E-state index is 0.145. The molecule has 0 unspecified atom stereocenters. The van der Waals surface area contributed by atoms with Gasteiger partial charge < -0.3 is 18.9 Å². The van der Waals surface area contributed by atoms with Gasteiger partial charge in [0, 0.05) is 18.0 Å². The Morgan fingerprint density at radius 2 is 2.00 bits per heavy atom. The molecule has 0 saturated heterocycles. The summed E-state index contributed by atoms with van der Waals surface area (Å²) in [4.78, 5) is 42.2. The lowest BCUT2D eigenvalue weighted by Crippen LogP contribution is -2.23. The van der Waals surface area contributed by atoms with E-state index in [-0.39, 0.29) is 41.9 Å². The number of ketones is 1. The van der Waals surface area contributed by atoms with Crippen LogP contribution in [0.1, 0.15) is 49.6 Å². The van der Waals surface area contributed by atoms with E-state index < -0.39 is 5.97 Å². The molecule has 0 fully saturated rings. The van der Waals surface area contributed by atoms with Gasteiger partial charge >= 0.3 is 5.97 Å². The van der Waals surface area contributed by atoms with Crippen LogP contribution in [0.2, 0.25) is 0 Å². The van der Waals surface area contributed by atoms with Crippen LogP contribution in [0.25, 0.3) is 5.52 Å². The van der Waals surface area contributed by atoms with Crippen LogP contribution >= 0.6 is 0 Å². The number of nitrogens with one attached hydrogen (secondary N) is 1. The van der Waals surface area contributed by atoms with Crippen LogP contribution in [0.15, 0.2) is 71.6 Å². The fourth-order valence-electron chi connectivity index (χ4n) is 3.20. The van der Waals surface area contributed by atoms with Gasteiger partial charge in [-0.3, -0.25) is 14.6 Å². The van der Waals surface area contributed by atoms with Crippen molar-refractivity contribution < 1.29 is 23.5 Å². The standard InChI is InChI=1S/C23H19N3O5/c1-2-30-23(29)17-13-19(21(27)20-7-5-11-31-20)26-10-8-15(12-18(17)26)22(28)25-14-16-6-3-4-9-24-16/h3-13H,2,14H2,1H3,(H,25,28). The zero-order valence-corrected chi connectivity index (χ0v) is 16.7. The van der Waals surface area contributed by atoms with Crippen molar-refractivity contribution in [1.82, 2.24) is 14.7 Å². The molecule has 0 aliphatic rings. The minimum atomic E-state index is -0.579. The normalized spacial score (nSPS) is 10.7. The van der Waals surface area contributed by atoms with Crippen molar-refractivity contribution in [1.29, 1.82) is 0 Å². The second kappa shape index (κ2) is 8.66. The molecule has 31 heavy (non-hydrogen) atoms. The van der Waals surface area contributed by atoms with Crippen molar-refractivity contribution in [3.05, 3.63) is 95.5 Å². The molecular weight excluding hydrogens is 398 g/mol. The number of nitrogens with zero attached hydrogens (tertiary/aromatic N) is 2. The van der Waals surface area contributed by atoms with E-state index in [0.717, 1.165) is 5.69 Å². The van der Waals surface area contributed by atoms with Crippen molar-refractivity contribution in [2.45, 2.75) is 13.5 Å². The first-order chi connectivity index (χ1) is 15.1. The molecule has 0 aliphatic carbocycles. The van der Waals surface area contributed by atoms with Gasteiger partial charge in [0.2, 0.25) is 5.78 Å². The summed E-state index contributed by atoms with van der Waals surface area (Å²) in [6.07, 6.45) is 4.63. The van der Waals surface area contributed by atoms with Crippen molar-refractivity contribution in [2.75, 3.05) is 6.61 Å². The minimum Gasteiger partial charge on any atom is -0.462 e. The Morgan fingerprint density at radius 1 is 1.13 bits per heavy atom. The number of pyridine rings is 2. The molecule has 1 amide bonds. The summed E-state index contributed by atoms with van der Waals surface area (Å²) in [7, 11) is 0. The average molecular weight is 417 g/mol. The first-order valence-corrected chi connectivity index (χ1v) is 9.67. The average Bonchev–Trinajstić information content (AvgIpc) is 3.46. The zero-order valence-electron chi connectivity index (χ0n) is 16.7.